The Balaban J connectivity index is 1.91. The minimum atomic E-state index is -0.715. The molecule has 1 fully saturated rings. The number of carbonyl (C=O) groups is 3. The molecule has 1 atom stereocenters. The lowest BCUT2D eigenvalue weighted by Gasteiger charge is -2.38. The van der Waals surface area contributed by atoms with E-state index < -0.39 is 23.8 Å². The summed E-state index contributed by atoms with van der Waals surface area (Å²) < 4.78 is 10.4. The van der Waals surface area contributed by atoms with E-state index in [9.17, 15) is 14.4 Å². The third-order valence-electron chi connectivity index (χ3n) is 2.99. The summed E-state index contributed by atoms with van der Waals surface area (Å²) in [6.45, 7) is 5.02. The van der Waals surface area contributed by atoms with Gasteiger partial charge in [0.25, 0.3) is 0 Å². The van der Waals surface area contributed by atoms with Gasteiger partial charge in [0.1, 0.15) is 12.1 Å². The fraction of sp³-hybridized carbons (Fsp3) is 0.438. The van der Waals surface area contributed by atoms with E-state index in [2.05, 4.69) is 0 Å². The van der Waals surface area contributed by atoms with Crippen LogP contribution in [0.25, 0.3) is 0 Å². The second-order valence-electron chi connectivity index (χ2n) is 6.04. The molecule has 0 radical (unpaired) electrons. The van der Waals surface area contributed by atoms with Crippen LogP contribution in [0.1, 0.15) is 37.6 Å². The number of benzene rings is 1. The molecule has 1 aliphatic rings. The molecule has 22 heavy (non-hydrogen) atoms. The van der Waals surface area contributed by atoms with Crippen molar-refractivity contribution < 1.29 is 23.9 Å². The number of nitrogens with zero attached hydrogens (tertiary/aromatic N) is 1. The number of esters is 2. The van der Waals surface area contributed by atoms with Crippen LogP contribution in [-0.4, -0.2) is 41.1 Å². The van der Waals surface area contributed by atoms with Crippen LogP contribution >= 0.6 is 0 Å². The van der Waals surface area contributed by atoms with Crippen molar-refractivity contribution in [2.75, 3.05) is 6.54 Å². The van der Waals surface area contributed by atoms with Crippen molar-refractivity contribution in [2.24, 2.45) is 0 Å². The first kappa shape index (κ1) is 16.0. The number of carbonyl (C=O) groups excluding carboxylic acids is 3. The van der Waals surface area contributed by atoms with E-state index in [-0.39, 0.29) is 18.9 Å². The number of hydrogen-bond donors (Lipinski definition) is 0. The molecule has 1 amide bonds. The Morgan fingerprint density at radius 2 is 1.86 bits per heavy atom. The molecule has 1 saturated heterocycles. The minimum absolute atomic E-state index is 0.0847. The Hall–Kier alpha value is -2.37. The minimum Gasteiger partial charge on any atom is -0.459 e. The van der Waals surface area contributed by atoms with Crippen LogP contribution in [-0.2, 0) is 19.1 Å². The molecule has 1 unspecified atom stereocenters. The van der Waals surface area contributed by atoms with Gasteiger partial charge in [-0.05, 0) is 32.9 Å². The maximum atomic E-state index is 11.9. The summed E-state index contributed by atoms with van der Waals surface area (Å²) in [6.07, 6.45) is -0.630. The Bertz CT molecular complexity index is 576. The molecule has 0 aromatic heterocycles. The monoisotopic (exact) mass is 305 g/mol. The zero-order chi connectivity index (χ0) is 16.3. The van der Waals surface area contributed by atoms with Gasteiger partial charge < -0.3 is 9.47 Å². The smallest absolute Gasteiger partial charge is 0.340 e. The highest BCUT2D eigenvalue weighted by Crippen LogP contribution is 2.22. The molecule has 0 N–H and O–H groups in total. The molecule has 6 nitrogen and oxygen atoms in total. The van der Waals surface area contributed by atoms with Crippen LogP contribution < -0.4 is 0 Å². The van der Waals surface area contributed by atoms with Crippen LogP contribution in [0, 0.1) is 0 Å². The summed E-state index contributed by atoms with van der Waals surface area (Å²) in [6, 6.07) is 8.49. The number of hydrogen-bond acceptors (Lipinski definition) is 5. The Morgan fingerprint density at radius 1 is 1.23 bits per heavy atom. The molecule has 0 spiro atoms. The highest BCUT2D eigenvalue weighted by atomic mass is 16.6. The summed E-state index contributed by atoms with van der Waals surface area (Å²) >= 11 is 0. The molecule has 2 rings (SSSR count). The molecule has 1 heterocycles. The molecular formula is C16H19NO5. The number of rotatable bonds is 4. The number of likely N-dealkylation sites (tertiary alicyclic amines) is 1. The predicted octanol–water partition coefficient (Wildman–Crippen LogP) is 1.74. The molecule has 1 aromatic carbocycles. The van der Waals surface area contributed by atoms with Crippen molar-refractivity contribution in [2.45, 2.75) is 39.0 Å². The topological polar surface area (TPSA) is 72.9 Å². The molecule has 0 bridgehead atoms. The van der Waals surface area contributed by atoms with Crippen LogP contribution in [0.2, 0.25) is 0 Å². The standard InChI is InChI=1S/C16H19NO5/c1-16(2,3)22-14(19)10-17-12(18)9-13(17)21-15(20)11-7-5-4-6-8-11/h4-8,13H,9-10H2,1-3H3. The van der Waals surface area contributed by atoms with Crippen molar-refractivity contribution in [3.63, 3.8) is 0 Å². The van der Waals surface area contributed by atoms with Crippen molar-refractivity contribution in [3.8, 4) is 0 Å². The SMILES string of the molecule is CC(C)(C)OC(=O)CN1C(=O)CC1OC(=O)c1ccccc1. The lowest BCUT2D eigenvalue weighted by atomic mass is 10.1. The number of ether oxygens (including phenoxy) is 2. The second-order valence-corrected chi connectivity index (χ2v) is 6.04. The molecule has 118 valence electrons. The maximum Gasteiger partial charge on any atom is 0.340 e. The predicted molar refractivity (Wildman–Crippen MR) is 77.8 cm³/mol. The Labute approximate surface area is 129 Å². The van der Waals surface area contributed by atoms with Gasteiger partial charge in [0.05, 0.1) is 12.0 Å². The van der Waals surface area contributed by atoms with Crippen molar-refractivity contribution >= 4 is 17.8 Å². The van der Waals surface area contributed by atoms with Gasteiger partial charge >= 0.3 is 11.9 Å². The number of β-lactam (4-membered cyclic amide) rings is 1. The van der Waals surface area contributed by atoms with Gasteiger partial charge in [-0.2, -0.15) is 0 Å². The quantitative estimate of drug-likeness (QED) is 0.626. The summed E-state index contributed by atoms with van der Waals surface area (Å²) in [5.74, 6) is -1.29. The van der Waals surface area contributed by atoms with Gasteiger partial charge in [0, 0.05) is 0 Å². The van der Waals surface area contributed by atoms with E-state index in [1.165, 1.54) is 4.90 Å². The zero-order valence-corrected chi connectivity index (χ0v) is 12.9. The zero-order valence-electron chi connectivity index (χ0n) is 12.9. The van der Waals surface area contributed by atoms with E-state index in [0.29, 0.717) is 5.56 Å². The largest absolute Gasteiger partial charge is 0.459 e. The van der Waals surface area contributed by atoms with Crippen LogP contribution in [0.5, 0.6) is 0 Å². The maximum absolute atomic E-state index is 11.9. The summed E-state index contributed by atoms with van der Waals surface area (Å²) in [4.78, 5) is 36.5. The molecule has 0 saturated carbocycles. The summed E-state index contributed by atoms with van der Waals surface area (Å²) in [5.41, 5.74) is -0.222. The molecule has 1 aromatic rings. The van der Waals surface area contributed by atoms with Crippen LogP contribution in [0.4, 0.5) is 0 Å². The van der Waals surface area contributed by atoms with Gasteiger partial charge in [-0.3, -0.25) is 14.5 Å². The fourth-order valence-electron chi connectivity index (χ4n) is 2.00. The van der Waals surface area contributed by atoms with Crippen molar-refractivity contribution in [1.82, 2.24) is 4.90 Å². The first-order valence-corrected chi connectivity index (χ1v) is 7.03. The summed E-state index contributed by atoms with van der Waals surface area (Å²) in [5, 5.41) is 0. The fourth-order valence-corrected chi connectivity index (χ4v) is 2.00. The first-order valence-electron chi connectivity index (χ1n) is 7.03. The van der Waals surface area contributed by atoms with E-state index >= 15 is 0 Å². The molecule has 1 aliphatic heterocycles. The van der Waals surface area contributed by atoms with E-state index in [4.69, 9.17) is 9.47 Å². The van der Waals surface area contributed by atoms with Gasteiger partial charge in [-0.15, -0.1) is 0 Å². The highest BCUT2D eigenvalue weighted by Gasteiger charge is 2.41. The van der Waals surface area contributed by atoms with Crippen LogP contribution in [0.3, 0.4) is 0 Å². The average molecular weight is 305 g/mol. The van der Waals surface area contributed by atoms with Crippen molar-refractivity contribution in [3.05, 3.63) is 35.9 Å². The number of amides is 1. The lowest BCUT2D eigenvalue weighted by Crippen LogP contribution is -2.56. The molecular weight excluding hydrogens is 286 g/mol. The molecule has 6 heteroatoms. The van der Waals surface area contributed by atoms with Gasteiger partial charge in [0.2, 0.25) is 5.91 Å². The third kappa shape index (κ3) is 4.07. The van der Waals surface area contributed by atoms with Gasteiger partial charge in [-0.1, -0.05) is 18.2 Å². The van der Waals surface area contributed by atoms with Crippen LogP contribution in [0.15, 0.2) is 30.3 Å². The average Bonchev–Trinajstić information content (AvgIpc) is 2.43. The second kappa shape index (κ2) is 6.17. The van der Waals surface area contributed by atoms with Gasteiger partial charge in [0.15, 0.2) is 6.23 Å². The first-order chi connectivity index (χ1) is 10.3. The van der Waals surface area contributed by atoms with E-state index in [1.54, 1.807) is 51.1 Å². The highest BCUT2D eigenvalue weighted by molar-refractivity contribution is 5.92. The summed E-state index contributed by atoms with van der Waals surface area (Å²) in [7, 11) is 0. The van der Waals surface area contributed by atoms with Gasteiger partial charge in [-0.25, -0.2) is 4.79 Å². The third-order valence-corrected chi connectivity index (χ3v) is 2.99. The lowest BCUT2D eigenvalue weighted by molar-refractivity contribution is -0.177. The Morgan fingerprint density at radius 3 is 2.41 bits per heavy atom. The van der Waals surface area contributed by atoms with Crippen molar-refractivity contribution in [1.29, 1.82) is 0 Å². The Kier molecular flexibility index (Phi) is 4.49. The molecule has 0 aliphatic carbocycles. The van der Waals surface area contributed by atoms with E-state index in [0.717, 1.165) is 0 Å². The van der Waals surface area contributed by atoms with E-state index in [1.807, 2.05) is 0 Å². The normalized spacial score (nSPS) is 17.7.